The number of hydrogen-bond donors (Lipinski definition) is 1. The molecule has 1 fully saturated rings. The van der Waals surface area contributed by atoms with Crippen molar-refractivity contribution in [2.45, 2.75) is 19.0 Å². The molecule has 0 radical (unpaired) electrons. The minimum absolute atomic E-state index is 0.164. The van der Waals surface area contributed by atoms with Gasteiger partial charge >= 0.3 is 6.18 Å². The van der Waals surface area contributed by atoms with E-state index in [0.29, 0.717) is 43.9 Å². The smallest absolute Gasteiger partial charge is 0.370 e. The molecule has 1 N–H and O–H groups in total. The third-order valence-corrected chi connectivity index (χ3v) is 4.25. The zero-order chi connectivity index (χ0) is 17.2. The maximum Gasteiger partial charge on any atom is 0.401 e. The molecule has 0 saturated carbocycles. The predicted octanol–water partition coefficient (Wildman–Crippen LogP) is 2.38. The van der Waals surface area contributed by atoms with Crippen molar-refractivity contribution < 1.29 is 13.2 Å². The summed E-state index contributed by atoms with van der Waals surface area (Å²) in [4.78, 5) is 17.8. The largest absolute Gasteiger partial charge is 0.401 e. The molecule has 3 rings (SSSR count). The zero-order valence-electron chi connectivity index (χ0n) is 13.1. The van der Waals surface area contributed by atoms with Gasteiger partial charge in [0.15, 0.2) is 0 Å². The van der Waals surface area contributed by atoms with Crippen molar-refractivity contribution in [3.05, 3.63) is 40.8 Å². The average Bonchev–Trinajstić information content (AvgIpc) is 2.53. The molecule has 2 aromatic rings. The molecule has 1 aliphatic heterocycles. The van der Waals surface area contributed by atoms with Crippen molar-refractivity contribution >= 4 is 11.5 Å². The van der Waals surface area contributed by atoms with Crippen LogP contribution in [-0.2, 0) is 0 Å². The third kappa shape index (κ3) is 4.25. The molecular formula is C16H19F3N4O. The minimum atomic E-state index is -4.14. The van der Waals surface area contributed by atoms with E-state index in [1.807, 2.05) is 6.07 Å². The number of aromatic nitrogens is 2. The van der Waals surface area contributed by atoms with Gasteiger partial charge in [-0.05, 0) is 44.0 Å². The minimum Gasteiger partial charge on any atom is -0.370 e. The van der Waals surface area contributed by atoms with Crippen LogP contribution in [0.15, 0.2) is 35.3 Å². The van der Waals surface area contributed by atoms with Gasteiger partial charge in [0.05, 0.1) is 6.54 Å². The van der Waals surface area contributed by atoms with E-state index >= 15 is 0 Å². The summed E-state index contributed by atoms with van der Waals surface area (Å²) in [6.07, 6.45) is -1.07. The van der Waals surface area contributed by atoms with Crippen LogP contribution in [0.4, 0.5) is 19.0 Å². The number of nitrogens with zero attached hydrogens (tertiary/aromatic N) is 3. The Labute approximate surface area is 137 Å². The van der Waals surface area contributed by atoms with E-state index in [-0.39, 0.29) is 11.5 Å². The number of likely N-dealkylation sites (tertiary alicyclic amines) is 1. The maximum absolute atomic E-state index is 12.4. The van der Waals surface area contributed by atoms with Crippen LogP contribution in [0.1, 0.15) is 12.8 Å². The molecule has 1 aliphatic rings. The predicted molar refractivity (Wildman–Crippen MR) is 85.2 cm³/mol. The first kappa shape index (κ1) is 16.8. The van der Waals surface area contributed by atoms with Crippen LogP contribution >= 0.6 is 0 Å². The molecule has 2 aromatic heterocycles. The quantitative estimate of drug-likeness (QED) is 0.928. The number of hydrogen-bond acceptors (Lipinski definition) is 4. The Hall–Kier alpha value is -2.09. The van der Waals surface area contributed by atoms with Gasteiger partial charge in [-0.2, -0.15) is 13.2 Å². The lowest BCUT2D eigenvalue weighted by Crippen LogP contribution is -2.41. The molecule has 0 aromatic carbocycles. The molecule has 0 bridgehead atoms. The highest BCUT2D eigenvalue weighted by molar-refractivity contribution is 5.46. The lowest BCUT2D eigenvalue weighted by atomic mass is 9.97. The van der Waals surface area contributed by atoms with Gasteiger partial charge in [-0.25, -0.2) is 4.98 Å². The Kier molecular flexibility index (Phi) is 4.75. The molecule has 3 heterocycles. The molecule has 130 valence electrons. The Morgan fingerprint density at radius 1 is 1.25 bits per heavy atom. The van der Waals surface area contributed by atoms with Crippen molar-refractivity contribution in [3.63, 3.8) is 0 Å². The van der Waals surface area contributed by atoms with Crippen LogP contribution < -0.4 is 10.9 Å². The van der Waals surface area contributed by atoms with E-state index in [0.717, 1.165) is 0 Å². The Morgan fingerprint density at radius 3 is 2.71 bits per heavy atom. The van der Waals surface area contributed by atoms with Crippen molar-refractivity contribution in [1.29, 1.82) is 0 Å². The van der Waals surface area contributed by atoms with Gasteiger partial charge < -0.3 is 5.32 Å². The molecule has 0 atom stereocenters. The summed E-state index contributed by atoms with van der Waals surface area (Å²) >= 11 is 0. The Balaban J connectivity index is 1.55. The summed E-state index contributed by atoms with van der Waals surface area (Å²) in [6.45, 7) is 0.658. The van der Waals surface area contributed by atoms with E-state index in [2.05, 4.69) is 10.3 Å². The van der Waals surface area contributed by atoms with Crippen molar-refractivity contribution in [1.82, 2.24) is 14.3 Å². The molecule has 0 spiro atoms. The fourth-order valence-corrected chi connectivity index (χ4v) is 3.00. The molecule has 5 nitrogen and oxygen atoms in total. The van der Waals surface area contributed by atoms with Crippen molar-refractivity contribution in [2.75, 3.05) is 31.5 Å². The van der Waals surface area contributed by atoms with Crippen LogP contribution in [0, 0.1) is 5.92 Å². The summed E-state index contributed by atoms with van der Waals surface area (Å²) in [7, 11) is 0. The Morgan fingerprint density at radius 2 is 2.00 bits per heavy atom. The van der Waals surface area contributed by atoms with Gasteiger partial charge in [-0.1, -0.05) is 6.07 Å². The van der Waals surface area contributed by atoms with Crippen LogP contribution in [-0.4, -0.2) is 46.6 Å². The summed E-state index contributed by atoms with van der Waals surface area (Å²) in [5.41, 5.74) is 0.399. The summed E-state index contributed by atoms with van der Waals surface area (Å²) in [6, 6.07) is 6.76. The monoisotopic (exact) mass is 340 g/mol. The van der Waals surface area contributed by atoms with Gasteiger partial charge in [0.25, 0.3) is 5.56 Å². The standard InChI is InChI=1S/C16H19F3N4O/c17-16(18,19)11-22-7-4-12(5-8-22)10-20-13-9-15(24)23-6-2-1-3-14(23)21-13/h1-3,6,9,12,20H,4-5,7-8,10-11H2. The number of fused-ring (bicyclic) bond motifs is 1. The maximum atomic E-state index is 12.4. The van der Waals surface area contributed by atoms with Crippen molar-refractivity contribution in [2.24, 2.45) is 5.92 Å². The average molecular weight is 340 g/mol. The summed E-state index contributed by atoms with van der Waals surface area (Å²) in [5.74, 6) is 0.787. The zero-order valence-corrected chi connectivity index (χ0v) is 13.1. The SMILES string of the molecule is O=c1cc(NCC2CCN(CC(F)(F)F)CC2)nc2ccccn12. The first-order chi connectivity index (χ1) is 11.4. The lowest BCUT2D eigenvalue weighted by Gasteiger charge is -2.32. The normalized spacial score (nSPS) is 17.3. The molecule has 8 heteroatoms. The van der Waals surface area contributed by atoms with E-state index in [1.54, 1.807) is 18.3 Å². The van der Waals surface area contributed by atoms with Crippen molar-refractivity contribution in [3.8, 4) is 0 Å². The number of piperidine rings is 1. The van der Waals surface area contributed by atoms with E-state index < -0.39 is 12.7 Å². The molecule has 0 amide bonds. The summed E-state index contributed by atoms with van der Waals surface area (Å²) < 4.78 is 38.6. The van der Waals surface area contributed by atoms with Gasteiger partial charge in [-0.3, -0.25) is 14.1 Å². The fraction of sp³-hybridized carbons (Fsp3) is 0.500. The van der Waals surface area contributed by atoms with Crippen LogP contribution in [0.3, 0.4) is 0 Å². The summed E-state index contributed by atoms with van der Waals surface area (Å²) in [5, 5.41) is 3.15. The molecule has 1 saturated heterocycles. The van der Waals surface area contributed by atoms with E-state index in [9.17, 15) is 18.0 Å². The third-order valence-electron chi connectivity index (χ3n) is 4.25. The number of halogens is 3. The number of rotatable bonds is 4. The van der Waals surface area contributed by atoms with Gasteiger partial charge in [0.1, 0.15) is 11.5 Å². The highest BCUT2D eigenvalue weighted by Crippen LogP contribution is 2.22. The van der Waals surface area contributed by atoms with Crippen LogP contribution in [0.25, 0.3) is 5.65 Å². The number of anilines is 1. The topological polar surface area (TPSA) is 49.6 Å². The number of pyridine rings is 1. The first-order valence-corrected chi connectivity index (χ1v) is 7.92. The van der Waals surface area contributed by atoms with E-state index in [1.165, 1.54) is 15.4 Å². The molecule has 24 heavy (non-hydrogen) atoms. The molecular weight excluding hydrogens is 321 g/mol. The second-order valence-corrected chi connectivity index (χ2v) is 6.12. The second-order valence-electron chi connectivity index (χ2n) is 6.12. The number of nitrogens with one attached hydrogen (secondary N) is 1. The van der Waals surface area contributed by atoms with Gasteiger partial charge in [0, 0.05) is 18.8 Å². The van der Waals surface area contributed by atoms with E-state index in [4.69, 9.17) is 0 Å². The highest BCUT2D eigenvalue weighted by Gasteiger charge is 2.32. The van der Waals surface area contributed by atoms with Gasteiger partial charge in [-0.15, -0.1) is 0 Å². The highest BCUT2D eigenvalue weighted by atomic mass is 19.4. The molecule has 0 unspecified atom stereocenters. The number of alkyl halides is 3. The van der Waals surface area contributed by atoms with Gasteiger partial charge in [0.2, 0.25) is 0 Å². The lowest BCUT2D eigenvalue weighted by molar-refractivity contribution is -0.148. The fourth-order valence-electron chi connectivity index (χ4n) is 3.00. The second kappa shape index (κ2) is 6.80. The first-order valence-electron chi connectivity index (χ1n) is 7.92. The molecule has 0 aliphatic carbocycles. The Bertz CT molecular complexity index is 751. The van der Waals surface area contributed by atoms with Crippen LogP contribution in [0.2, 0.25) is 0 Å². The van der Waals surface area contributed by atoms with Crippen LogP contribution in [0.5, 0.6) is 0 Å².